The number of benzene rings is 1. The van der Waals surface area contributed by atoms with Crippen LogP contribution in [0.5, 0.6) is 5.75 Å². The zero-order valence-corrected chi connectivity index (χ0v) is 13.7. The van der Waals surface area contributed by atoms with Crippen LogP contribution in [-0.2, 0) is 0 Å². The van der Waals surface area contributed by atoms with Gasteiger partial charge in [0.1, 0.15) is 5.75 Å². The second-order valence-electron chi connectivity index (χ2n) is 4.77. The van der Waals surface area contributed by atoms with Crippen molar-refractivity contribution in [3.8, 4) is 5.75 Å². The third-order valence-corrected chi connectivity index (χ3v) is 4.24. The van der Waals surface area contributed by atoms with Gasteiger partial charge in [-0.2, -0.15) is 0 Å². The lowest BCUT2D eigenvalue weighted by atomic mass is 10.0. The van der Waals surface area contributed by atoms with E-state index in [9.17, 15) is 0 Å². The zero-order chi connectivity index (χ0) is 14.3. The molecular weight excluding hydrogens is 304 g/mol. The van der Waals surface area contributed by atoms with Gasteiger partial charge in [0.15, 0.2) is 0 Å². The van der Waals surface area contributed by atoms with Crippen LogP contribution >= 0.6 is 15.9 Å². The first kappa shape index (κ1) is 16.5. The van der Waals surface area contributed by atoms with Crippen LogP contribution in [0.15, 0.2) is 22.7 Å². The number of hydrogen-bond donors (Lipinski definition) is 2. The van der Waals surface area contributed by atoms with Gasteiger partial charge in [-0.25, -0.2) is 0 Å². The van der Waals surface area contributed by atoms with Gasteiger partial charge in [0.05, 0.1) is 11.6 Å². The fraction of sp³-hybridized carbons (Fsp3) is 0.600. The van der Waals surface area contributed by atoms with Gasteiger partial charge in [0.25, 0.3) is 0 Å². The van der Waals surface area contributed by atoms with Gasteiger partial charge >= 0.3 is 0 Å². The second kappa shape index (κ2) is 8.56. The zero-order valence-electron chi connectivity index (χ0n) is 12.1. The van der Waals surface area contributed by atoms with Gasteiger partial charge < -0.3 is 15.8 Å². The van der Waals surface area contributed by atoms with E-state index in [0.717, 1.165) is 22.7 Å². The molecule has 0 saturated heterocycles. The predicted molar refractivity (Wildman–Crippen MR) is 84.6 cm³/mol. The van der Waals surface area contributed by atoms with Crippen molar-refractivity contribution in [3.63, 3.8) is 0 Å². The van der Waals surface area contributed by atoms with E-state index >= 15 is 0 Å². The van der Waals surface area contributed by atoms with Gasteiger partial charge in [0, 0.05) is 12.6 Å². The average molecular weight is 329 g/mol. The minimum absolute atomic E-state index is 0.197. The molecule has 0 aliphatic carbocycles. The molecule has 0 aliphatic heterocycles. The normalized spacial score (nSPS) is 12.7. The Kier molecular flexibility index (Phi) is 7.42. The maximum Gasteiger partial charge on any atom is 0.133 e. The number of halogens is 1. The van der Waals surface area contributed by atoms with Crippen molar-refractivity contribution >= 4 is 15.9 Å². The Morgan fingerprint density at radius 1 is 1.32 bits per heavy atom. The lowest BCUT2D eigenvalue weighted by Crippen LogP contribution is -2.32. The molecule has 0 amide bonds. The molecule has 0 aromatic heterocycles. The number of methoxy groups -OCH3 is 1. The van der Waals surface area contributed by atoms with E-state index in [0.29, 0.717) is 6.54 Å². The van der Waals surface area contributed by atoms with Crippen LogP contribution in [0.25, 0.3) is 0 Å². The van der Waals surface area contributed by atoms with Gasteiger partial charge in [-0.1, -0.05) is 32.8 Å². The third-order valence-electron chi connectivity index (χ3n) is 3.62. The molecule has 3 nitrogen and oxygen atoms in total. The quantitative estimate of drug-likeness (QED) is 0.768. The summed E-state index contributed by atoms with van der Waals surface area (Å²) in [5.74, 6) is 1.57. The molecule has 1 aromatic carbocycles. The van der Waals surface area contributed by atoms with E-state index in [1.54, 1.807) is 7.11 Å². The molecule has 0 aliphatic rings. The van der Waals surface area contributed by atoms with E-state index in [4.69, 9.17) is 10.5 Å². The number of nitrogens with two attached hydrogens (primary N) is 1. The topological polar surface area (TPSA) is 47.3 Å². The molecule has 0 radical (unpaired) electrons. The fourth-order valence-electron chi connectivity index (χ4n) is 2.12. The molecule has 0 heterocycles. The summed E-state index contributed by atoms with van der Waals surface area (Å²) in [6.45, 7) is 6.08. The highest BCUT2D eigenvalue weighted by Crippen LogP contribution is 2.28. The first-order valence-electron chi connectivity index (χ1n) is 6.93. The van der Waals surface area contributed by atoms with Crippen molar-refractivity contribution in [1.82, 2.24) is 5.32 Å². The van der Waals surface area contributed by atoms with Crippen LogP contribution in [-0.4, -0.2) is 20.2 Å². The van der Waals surface area contributed by atoms with E-state index in [1.807, 2.05) is 6.07 Å². The molecule has 108 valence electrons. The Hall–Kier alpha value is -0.580. The van der Waals surface area contributed by atoms with Gasteiger partial charge in [0.2, 0.25) is 0 Å². The summed E-state index contributed by atoms with van der Waals surface area (Å²) in [7, 11) is 1.67. The maximum atomic E-state index is 5.89. The Morgan fingerprint density at radius 3 is 2.47 bits per heavy atom. The average Bonchev–Trinajstić information content (AvgIpc) is 2.44. The molecule has 0 bridgehead atoms. The van der Waals surface area contributed by atoms with E-state index in [1.165, 1.54) is 18.4 Å². The Morgan fingerprint density at radius 2 is 2.00 bits per heavy atom. The Balaban J connectivity index is 2.71. The standard InChI is InChI=1S/C15H25BrN2O/c1-4-11(5-2)10-18-14(9-17)12-6-7-15(19-3)13(16)8-12/h6-8,11,14,18H,4-5,9-10,17H2,1-3H3. The smallest absolute Gasteiger partial charge is 0.133 e. The van der Waals surface area contributed by atoms with Crippen molar-refractivity contribution in [2.24, 2.45) is 11.7 Å². The molecule has 1 aromatic rings. The molecule has 1 rings (SSSR count). The highest BCUT2D eigenvalue weighted by Gasteiger charge is 2.13. The van der Waals surface area contributed by atoms with Crippen molar-refractivity contribution in [2.45, 2.75) is 32.7 Å². The van der Waals surface area contributed by atoms with Crippen molar-refractivity contribution in [3.05, 3.63) is 28.2 Å². The molecule has 1 atom stereocenters. The Bertz CT molecular complexity index is 380. The van der Waals surface area contributed by atoms with Crippen LogP contribution in [0, 0.1) is 5.92 Å². The lowest BCUT2D eigenvalue weighted by Gasteiger charge is -2.21. The summed E-state index contributed by atoms with van der Waals surface area (Å²) in [5.41, 5.74) is 7.08. The first-order valence-corrected chi connectivity index (χ1v) is 7.72. The molecule has 0 fully saturated rings. The lowest BCUT2D eigenvalue weighted by molar-refractivity contribution is 0.407. The largest absolute Gasteiger partial charge is 0.496 e. The van der Waals surface area contributed by atoms with Crippen LogP contribution < -0.4 is 15.8 Å². The van der Waals surface area contributed by atoms with E-state index < -0.39 is 0 Å². The minimum Gasteiger partial charge on any atom is -0.496 e. The fourth-order valence-corrected chi connectivity index (χ4v) is 2.68. The van der Waals surface area contributed by atoms with E-state index in [-0.39, 0.29) is 6.04 Å². The summed E-state index contributed by atoms with van der Waals surface area (Å²) >= 11 is 3.52. The molecule has 19 heavy (non-hydrogen) atoms. The minimum atomic E-state index is 0.197. The highest BCUT2D eigenvalue weighted by molar-refractivity contribution is 9.10. The molecule has 0 saturated carbocycles. The first-order chi connectivity index (χ1) is 9.15. The van der Waals surface area contributed by atoms with Crippen molar-refractivity contribution in [1.29, 1.82) is 0 Å². The second-order valence-corrected chi connectivity index (χ2v) is 5.63. The summed E-state index contributed by atoms with van der Waals surface area (Å²) in [5, 5.41) is 3.57. The van der Waals surface area contributed by atoms with Gasteiger partial charge in [-0.05, 0) is 46.1 Å². The summed E-state index contributed by atoms with van der Waals surface area (Å²) in [4.78, 5) is 0. The van der Waals surface area contributed by atoms with Crippen molar-refractivity contribution < 1.29 is 4.74 Å². The molecule has 3 N–H and O–H groups in total. The predicted octanol–water partition coefficient (Wildman–Crippen LogP) is 3.48. The highest BCUT2D eigenvalue weighted by atomic mass is 79.9. The monoisotopic (exact) mass is 328 g/mol. The molecule has 0 spiro atoms. The molecular formula is C15H25BrN2O. The van der Waals surface area contributed by atoms with Gasteiger partial charge in [-0.15, -0.1) is 0 Å². The van der Waals surface area contributed by atoms with E-state index in [2.05, 4.69) is 47.2 Å². The molecule has 1 unspecified atom stereocenters. The summed E-state index contributed by atoms with van der Waals surface area (Å²) < 4.78 is 6.22. The third kappa shape index (κ3) is 4.79. The van der Waals surface area contributed by atoms with Crippen molar-refractivity contribution in [2.75, 3.05) is 20.2 Å². The van der Waals surface area contributed by atoms with Crippen LogP contribution in [0.1, 0.15) is 38.3 Å². The summed E-state index contributed by atoms with van der Waals surface area (Å²) in [6.07, 6.45) is 2.40. The van der Waals surface area contributed by atoms with Gasteiger partial charge in [-0.3, -0.25) is 0 Å². The van der Waals surface area contributed by atoms with Crippen LogP contribution in [0.2, 0.25) is 0 Å². The number of ether oxygens (including phenoxy) is 1. The number of hydrogen-bond acceptors (Lipinski definition) is 3. The maximum absolute atomic E-state index is 5.89. The summed E-state index contributed by atoms with van der Waals surface area (Å²) in [6, 6.07) is 6.32. The number of nitrogens with one attached hydrogen (secondary N) is 1. The Labute approximate surface area is 125 Å². The number of rotatable bonds is 8. The van der Waals surface area contributed by atoms with Crippen LogP contribution in [0.3, 0.4) is 0 Å². The SMILES string of the molecule is CCC(CC)CNC(CN)c1ccc(OC)c(Br)c1. The molecule has 4 heteroatoms. The van der Waals surface area contributed by atoms with Crippen LogP contribution in [0.4, 0.5) is 0 Å².